The van der Waals surface area contributed by atoms with E-state index in [0.29, 0.717) is 24.7 Å². The zero-order valence-electron chi connectivity index (χ0n) is 30.1. The van der Waals surface area contributed by atoms with Gasteiger partial charge in [-0.05, 0) is 108 Å². The molecule has 7 atom stereocenters. The molecule has 0 unspecified atom stereocenters. The third kappa shape index (κ3) is 8.19. The van der Waals surface area contributed by atoms with Crippen LogP contribution in [0.4, 0.5) is 4.39 Å². The molecule has 3 aromatic carbocycles. The average molecular weight is 670 g/mol. The van der Waals surface area contributed by atoms with E-state index in [9.17, 15) is 15.0 Å². The van der Waals surface area contributed by atoms with E-state index in [0.717, 1.165) is 87.6 Å². The summed E-state index contributed by atoms with van der Waals surface area (Å²) in [7, 11) is 0. The van der Waals surface area contributed by atoms with Gasteiger partial charge in [-0.15, -0.1) is 0 Å². The molecule has 3 aliphatic carbocycles. The third-order valence-electron chi connectivity index (χ3n) is 12.8. The predicted octanol–water partition coefficient (Wildman–Crippen LogP) is 10.3. The fraction of sp³-hybridized carbons (Fsp3) is 0.614. The molecule has 0 bridgehead atoms. The standard InChI is InChI=1S/C44H60FNO3/c1-3-4-5-6-8-13-24-46(41(49)27-31-18-19-32-15-11-12-16-33(32)26-31)25-14-9-7-10-17-34-28-35-29-36(47)20-21-37(35)43-39(45)30-44(2)38(42(34)43)22-23-40(44)48/h11-12,15-16,18-21,26,29,34,38-40,42-43,47-48H,3-10,13-14,17,22-25,27-28,30H2,1-2H3/t34-,38+,39+,40+,42+,43+,44+/m1/s1. The predicted molar refractivity (Wildman–Crippen MR) is 199 cm³/mol. The minimum Gasteiger partial charge on any atom is -0.508 e. The fourth-order valence-corrected chi connectivity index (χ4v) is 10.2. The quantitative estimate of drug-likeness (QED) is 0.149. The SMILES string of the molecule is CCCCCCCCN(CCCCCC[C@@H]1Cc2cc(O)ccc2[C@@H]2[C@@H]1[C@@H]1CC[C@H](O)[C@@]1(C)C[C@@H]2F)C(=O)Cc1ccc2ccccc2c1. The maximum Gasteiger partial charge on any atom is 0.226 e. The van der Waals surface area contributed by atoms with Crippen molar-refractivity contribution in [2.75, 3.05) is 13.1 Å². The van der Waals surface area contributed by atoms with Gasteiger partial charge in [0.05, 0.1) is 12.5 Å². The number of amides is 1. The van der Waals surface area contributed by atoms with Crippen molar-refractivity contribution in [2.45, 2.75) is 135 Å². The summed E-state index contributed by atoms with van der Waals surface area (Å²) >= 11 is 0. The van der Waals surface area contributed by atoms with Crippen LogP contribution in [-0.2, 0) is 17.6 Å². The van der Waals surface area contributed by atoms with Gasteiger partial charge >= 0.3 is 0 Å². The van der Waals surface area contributed by atoms with Crippen LogP contribution in [0.1, 0.15) is 126 Å². The van der Waals surface area contributed by atoms with Crippen molar-refractivity contribution < 1.29 is 19.4 Å². The average Bonchev–Trinajstić information content (AvgIpc) is 3.39. The number of benzene rings is 3. The molecule has 0 aliphatic heterocycles. The number of hydrogen-bond acceptors (Lipinski definition) is 3. The molecule has 3 aliphatic rings. The lowest BCUT2D eigenvalue weighted by molar-refractivity contribution is -0.130. The van der Waals surface area contributed by atoms with Crippen molar-refractivity contribution in [3.05, 3.63) is 77.4 Å². The summed E-state index contributed by atoms with van der Waals surface area (Å²) in [6.45, 7) is 6.03. The number of rotatable bonds is 16. The number of carbonyl (C=O) groups is 1. The van der Waals surface area contributed by atoms with Crippen molar-refractivity contribution >= 4 is 16.7 Å². The zero-order chi connectivity index (χ0) is 34.4. The smallest absolute Gasteiger partial charge is 0.226 e. The third-order valence-corrected chi connectivity index (χ3v) is 12.8. The Labute approximate surface area is 294 Å². The largest absolute Gasteiger partial charge is 0.508 e. The number of phenolic OH excluding ortho intramolecular Hbond substituents is 1. The maximum atomic E-state index is 16.1. The minimum absolute atomic E-state index is 0.137. The molecule has 2 N–H and O–H groups in total. The number of halogens is 1. The monoisotopic (exact) mass is 669 g/mol. The highest BCUT2D eigenvalue weighted by Gasteiger charge is 2.59. The molecule has 0 aromatic heterocycles. The van der Waals surface area contributed by atoms with Crippen LogP contribution in [0.3, 0.4) is 0 Å². The van der Waals surface area contributed by atoms with E-state index < -0.39 is 12.3 Å². The van der Waals surface area contributed by atoms with Crippen LogP contribution in [-0.4, -0.2) is 46.4 Å². The van der Waals surface area contributed by atoms with Crippen molar-refractivity contribution in [2.24, 2.45) is 23.2 Å². The second kappa shape index (κ2) is 16.4. The number of aliphatic hydroxyl groups excluding tert-OH is 1. The lowest BCUT2D eigenvalue weighted by Gasteiger charge is -2.54. The Morgan fingerprint density at radius 1 is 0.878 bits per heavy atom. The van der Waals surface area contributed by atoms with Gasteiger partial charge in [0.15, 0.2) is 0 Å². The molecule has 1 amide bonds. The van der Waals surface area contributed by atoms with E-state index in [4.69, 9.17) is 0 Å². The second-order valence-electron chi connectivity index (χ2n) is 16.1. The number of fused-ring (bicyclic) bond motifs is 6. The first kappa shape index (κ1) is 35.9. The Hall–Kier alpha value is -2.92. The summed E-state index contributed by atoms with van der Waals surface area (Å²) in [6, 6.07) is 20.3. The van der Waals surface area contributed by atoms with E-state index in [1.807, 2.05) is 12.1 Å². The molecule has 4 nitrogen and oxygen atoms in total. The van der Waals surface area contributed by atoms with Gasteiger partial charge in [-0.25, -0.2) is 4.39 Å². The number of phenols is 1. The van der Waals surface area contributed by atoms with Crippen molar-refractivity contribution in [3.8, 4) is 5.75 Å². The van der Waals surface area contributed by atoms with E-state index >= 15 is 4.39 Å². The van der Waals surface area contributed by atoms with E-state index in [1.165, 1.54) is 42.9 Å². The number of aliphatic hydroxyl groups is 1. The summed E-state index contributed by atoms with van der Waals surface area (Å²) in [5.74, 6) is 1.31. The van der Waals surface area contributed by atoms with Crippen molar-refractivity contribution in [1.29, 1.82) is 0 Å². The van der Waals surface area contributed by atoms with Crippen LogP contribution in [0.25, 0.3) is 10.8 Å². The molecule has 3 aromatic rings. The van der Waals surface area contributed by atoms with Crippen LogP contribution in [0.5, 0.6) is 5.75 Å². The minimum atomic E-state index is -0.963. The van der Waals surface area contributed by atoms with Crippen LogP contribution < -0.4 is 0 Å². The van der Waals surface area contributed by atoms with Crippen LogP contribution in [0, 0.1) is 23.2 Å². The molecule has 0 heterocycles. The normalized spacial score (nSPS) is 27.4. The van der Waals surface area contributed by atoms with Gasteiger partial charge in [-0.3, -0.25) is 4.79 Å². The van der Waals surface area contributed by atoms with Gasteiger partial charge < -0.3 is 15.1 Å². The number of unbranched alkanes of at least 4 members (excludes halogenated alkanes) is 8. The zero-order valence-corrected chi connectivity index (χ0v) is 30.1. The molecule has 266 valence electrons. The Morgan fingerprint density at radius 2 is 1.59 bits per heavy atom. The summed E-state index contributed by atoms with van der Waals surface area (Å²) in [5, 5.41) is 23.6. The Balaban J connectivity index is 1.04. The first-order valence-electron chi connectivity index (χ1n) is 19.7. The summed E-state index contributed by atoms with van der Waals surface area (Å²) in [6.07, 6.45) is 14.8. The number of aromatic hydroxyl groups is 1. The number of hydrogen-bond donors (Lipinski definition) is 2. The van der Waals surface area contributed by atoms with Crippen LogP contribution in [0.15, 0.2) is 60.7 Å². The fourth-order valence-electron chi connectivity index (χ4n) is 10.2. The summed E-state index contributed by atoms with van der Waals surface area (Å²) < 4.78 is 16.1. The van der Waals surface area contributed by atoms with Gasteiger partial charge in [0, 0.05) is 19.0 Å². The van der Waals surface area contributed by atoms with E-state index in [1.54, 1.807) is 6.07 Å². The number of alkyl halides is 1. The molecule has 49 heavy (non-hydrogen) atoms. The number of carbonyl (C=O) groups excluding carboxylic acids is 1. The lowest BCUT2D eigenvalue weighted by atomic mass is 9.51. The van der Waals surface area contributed by atoms with Gasteiger partial charge in [0.2, 0.25) is 5.91 Å². The first-order chi connectivity index (χ1) is 23.8. The lowest BCUT2D eigenvalue weighted by Crippen LogP contribution is -2.51. The molecular formula is C44H60FNO3. The Morgan fingerprint density at radius 3 is 2.37 bits per heavy atom. The topological polar surface area (TPSA) is 60.8 Å². The second-order valence-corrected chi connectivity index (χ2v) is 16.1. The molecule has 5 heteroatoms. The molecule has 2 saturated carbocycles. The van der Waals surface area contributed by atoms with Crippen molar-refractivity contribution in [1.82, 2.24) is 4.90 Å². The van der Waals surface area contributed by atoms with Gasteiger partial charge in [0.1, 0.15) is 11.9 Å². The maximum absolute atomic E-state index is 16.1. The van der Waals surface area contributed by atoms with Crippen molar-refractivity contribution in [3.63, 3.8) is 0 Å². The molecule has 6 rings (SSSR count). The first-order valence-corrected chi connectivity index (χ1v) is 19.7. The molecule has 0 radical (unpaired) electrons. The molecule has 2 fully saturated rings. The molecule has 0 spiro atoms. The molecular weight excluding hydrogens is 609 g/mol. The Bertz CT molecular complexity index is 1540. The van der Waals surface area contributed by atoms with E-state index in [-0.39, 0.29) is 28.9 Å². The summed E-state index contributed by atoms with van der Waals surface area (Å²) in [4.78, 5) is 15.8. The van der Waals surface area contributed by atoms with E-state index in [2.05, 4.69) is 61.2 Å². The Kier molecular flexibility index (Phi) is 12.0. The summed E-state index contributed by atoms with van der Waals surface area (Å²) in [5.41, 5.74) is 2.95. The van der Waals surface area contributed by atoms with Gasteiger partial charge in [0.25, 0.3) is 0 Å². The molecule has 0 saturated heterocycles. The van der Waals surface area contributed by atoms with Crippen LogP contribution >= 0.6 is 0 Å². The van der Waals surface area contributed by atoms with Crippen LogP contribution in [0.2, 0.25) is 0 Å². The number of nitrogens with zero attached hydrogens (tertiary/aromatic N) is 1. The highest BCUT2D eigenvalue weighted by Crippen LogP contribution is 2.63. The highest BCUT2D eigenvalue weighted by atomic mass is 19.1. The van der Waals surface area contributed by atoms with Gasteiger partial charge in [-0.2, -0.15) is 0 Å². The highest BCUT2D eigenvalue weighted by molar-refractivity contribution is 5.85. The van der Waals surface area contributed by atoms with Gasteiger partial charge in [-0.1, -0.05) is 114 Å².